The molecule has 0 saturated heterocycles. The normalized spacial score (nSPS) is 13.8. The number of hydrogen-bond donors (Lipinski definition) is 4. The minimum absolute atomic E-state index is 0.0703. The SMILES string of the molecule is NCCOC[C@H](N)C(=O)OC(=O)[C@@H](N)Cc1cnc[nH]1. The number of ether oxygens (including phenoxy) is 2. The molecule has 0 unspecified atom stereocenters. The quantitative estimate of drug-likeness (QED) is 0.235. The third-order valence-corrected chi connectivity index (χ3v) is 2.36. The van der Waals surface area contributed by atoms with E-state index >= 15 is 0 Å². The molecule has 0 bridgehead atoms. The maximum atomic E-state index is 11.6. The van der Waals surface area contributed by atoms with E-state index in [0.29, 0.717) is 12.2 Å². The second-order valence-corrected chi connectivity index (χ2v) is 4.10. The molecule has 0 radical (unpaired) electrons. The molecule has 7 N–H and O–H groups in total. The third kappa shape index (κ3) is 5.45. The van der Waals surface area contributed by atoms with Gasteiger partial charge in [-0.2, -0.15) is 0 Å². The molecule has 9 heteroatoms. The number of H-pyrrole nitrogens is 1. The summed E-state index contributed by atoms with van der Waals surface area (Å²) in [6.45, 7) is 0.517. The topological polar surface area (TPSA) is 159 Å². The molecular weight excluding hydrogens is 266 g/mol. The Balaban J connectivity index is 2.34. The van der Waals surface area contributed by atoms with Crippen LogP contribution in [0.3, 0.4) is 0 Å². The van der Waals surface area contributed by atoms with E-state index in [9.17, 15) is 9.59 Å². The second-order valence-electron chi connectivity index (χ2n) is 4.10. The molecular formula is C11H19N5O4. The molecule has 112 valence electrons. The summed E-state index contributed by atoms with van der Waals surface area (Å²) in [5.74, 6) is -1.73. The summed E-state index contributed by atoms with van der Waals surface area (Å²) in [6, 6.07) is -2.03. The minimum atomic E-state index is -1.05. The van der Waals surface area contributed by atoms with Crippen molar-refractivity contribution in [1.29, 1.82) is 0 Å². The Bertz CT molecular complexity index is 422. The van der Waals surface area contributed by atoms with Crippen LogP contribution in [0, 0.1) is 0 Å². The summed E-state index contributed by atoms with van der Waals surface area (Å²) in [4.78, 5) is 29.7. The highest BCUT2D eigenvalue weighted by Gasteiger charge is 2.23. The van der Waals surface area contributed by atoms with E-state index in [2.05, 4.69) is 14.7 Å². The van der Waals surface area contributed by atoms with E-state index in [1.165, 1.54) is 12.5 Å². The van der Waals surface area contributed by atoms with Crippen molar-refractivity contribution < 1.29 is 19.1 Å². The molecule has 2 atom stereocenters. The van der Waals surface area contributed by atoms with E-state index in [-0.39, 0.29) is 19.6 Å². The van der Waals surface area contributed by atoms with Gasteiger partial charge < -0.3 is 31.7 Å². The number of nitrogens with zero attached hydrogens (tertiary/aromatic N) is 1. The number of rotatable bonds is 8. The van der Waals surface area contributed by atoms with Crippen LogP contribution in [0.1, 0.15) is 5.69 Å². The Morgan fingerprint density at radius 3 is 2.60 bits per heavy atom. The molecule has 0 spiro atoms. The predicted molar refractivity (Wildman–Crippen MR) is 69.2 cm³/mol. The Labute approximate surface area is 115 Å². The van der Waals surface area contributed by atoms with Gasteiger partial charge in [-0.15, -0.1) is 0 Å². The number of aromatic nitrogens is 2. The van der Waals surface area contributed by atoms with E-state index in [1.807, 2.05) is 0 Å². The molecule has 0 fully saturated rings. The second kappa shape index (κ2) is 8.38. The van der Waals surface area contributed by atoms with Crippen molar-refractivity contribution in [3.05, 3.63) is 18.2 Å². The highest BCUT2D eigenvalue weighted by molar-refractivity contribution is 5.90. The summed E-state index contributed by atoms with van der Waals surface area (Å²) in [6.07, 6.45) is 3.18. The Morgan fingerprint density at radius 1 is 1.30 bits per heavy atom. The van der Waals surface area contributed by atoms with Crippen LogP contribution >= 0.6 is 0 Å². The summed E-state index contributed by atoms with van der Waals surface area (Å²) in [5, 5.41) is 0. The third-order valence-electron chi connectivity index (χ3n) is 2.36. The Hall–Kier alpha value is -1.81. The van der Waals surface area contributed by atoms with Gasteiger partial charge in [-0.3, -0.25) is 0 Å². The number of hydrogen-bond acceptors (Lipinski definition) is 8. The first-order valence-electron chi connectivity index (χ1n) is 6.06. The summed E-state index contributed by atoms with van der Waals surface area (Å²) >= 11 is 0. The maximum absolute atomic E-state index is 11.6. The zero-order chi connectivity index (χ0) is 15.0. The van der Waals surface area contributed by atoms with Crippen LogP contribution in [0.15, 0.2) is 12.5 Å². The van der Waals surface area contributed by atoms with Crippen molar-refractivity contribution in [2.75, 3.05) is 19.8 Å². The van der Waals surface area contributed by atoms with Gasteiger partial charge >= 0.3 is 11.9 Å². The largest absolute Gasteiger partial charge is 0.391 e. The Kier molecular flexibility index (Phi) is 6.81. The van der Waals surface area contributed by atoms with Crippen molar-refractivity contribution >= 4 is 11.9 Å². The fraction of sp³-hybridized carbons (Fsp3) is 0.545. The number of carbonyl (C=O) groups excluding carboxylic acids is 2. The number of nitrogens with one attached hydrogen (secondary N) is 1. The highest BCUT2D eigenvalue weighted by atomic mass is 16.6. The van der Waals surface area contributed by atoms with E-state index in [4.69, 9.17) is 21.9 Å². The van der Waals surface area contributed by atoms with E-state index < -0.39 is 24.0 Å². The molecule has 0 amide bonds. The number of carbonyl (C=O) groups is 2. The lowest BCUT2D eigenvalue weighted by atomic mass is 10.2. The van der Waals surface area contributed by atoms with Gasteiger partial charge in [0.2, 0.25) is 0 Å². The van der Waals surface area contributed by atoms with Gasteiger partial charge in [-0.25, -0.2) is 14.6 Å². The molecule has 1 aromatic rings. The molecule has 0 saturated carbocycles. The van der Waals surface area contributed by atoms with Crippen molar-refractivity contribution in [1.82, 2.24) is 9.97 Å². The van der Waals surface area contributed by atoms with Gasteiger partial charge in [0.05, 0.1) is 19.5 Å². The number of nitrogens with two attached hydrogens (primary N) is 3. The lowest BCUT2D eigenvalue weighted by molar-refractivity contribution is -0.162. The zero-order valence-corrected chi connectivity index (χ0v) is 11.0. The summed E-state index contributed by atoms with van der Waals surface area (Å²) in [7, 11) is 0. The Morgan fingerprint density at radius 2 is 2.00 bits per heavy atom. The first-order chi connectivity index (χ1) is 9.54. The van der Waals surface area contributed by atoms with Crippen LogP contribution < -0.4 is 17.2 Å². The average Bonchev–Trinajstić information content (AvgIpc) is 2.91. The number of esters is 2. The van der Waals surface area contributed by atoms with Crippen molar-refractivity contribution in [2.45, 2.75) is 18.5 Å². The van der Waals surface area contributed by atoms with E-state index in [1.54, 1.807) is 0 Å². The van der Waals surface area contributed by atoms with Gasteiger partial charge in [0.25, 0.3) is 0 Å². The van der Waals surface area contributed by atoms with Gasteiger partial charge in [-0.05, 0) is 0 Å². The molecule has 20 heavy (non-hydrogen) atoms. The molecule has 1 heterocycles. The fourth-order valence-corrected chi connectivity index (χ4v) is 1.33. The van der Waals surface area contributed by atoms with E-state index in [0.717, 1.165) is 0 Å². The smallest absolute Gasteiger partial charge is 0.333 e. The molecule has 0 aromatic carbocycles. The van der Waals surface area contributed by atoms with Crippen molar-refractivity contribution in [3.63, 3.8) is 0 Å². The molecule has 0 aliphatic heterocycles. The highest BCUT2D eigenvalue weighted by Crippen LogP contribution is 1.99. The van der Waals surface area contributed by atoms with Crippen LogP contribution in [-0.2, 0) is 25.5 Å². The zero-order valence-electron chi connectivity index (χ0n) is 11.0. The monoisotopic (exact) mass is 285 g/mol. The molecule has 9 nitrogen and oxygen atoms in total. The van der Waals surface area contributed by atoms with Crippen LogP contribution in [0.5, 0.6) is 0 Å². The number of imidazole rings is 1. The first-order valence-corrected chi connectivity index (χ1v) is 6.06. The summed E-state index contributed by atoms with van der Waals surface area (Å²) in [5.41, 5.74) is 17.0. The molecule has 1 aromatic heterocycles. The van der Waals surface area contributed by atoms with Gasteiger partial charge in [0.1, 0.15) is 12.1 Å². The summed E-state index contributed by atoms with van der Waals surface area (Å²) < 4.78 is 9.57. The van der Waals surface area contributed by atoms with Crippen LogP contribution in [-0.4, -0.2) is 53.7 Å². The standard InChI is InChI=1S/C11H19N5O4/c12-1-2-19-5-9(14)11(18)20-10(17)8(13)3-7-4-15-6-16-7/h4,6,8-9H,1-3,5,12-14H2,(H,15,16)/t8-,9-/m0/s1. The molecule has 1 rings (SSSR count). The van der Waals surface area contributed by atoms with Gasteiger partial charge in [0, 0.05) is 24.9 Å². The van der Waals surface area contributed by atoms with Crippen molar-refractivity contribution in [3.8, 4) is 0 Å². The lowest BCUT2D eigenvalue weighted by Crippen LogP contribution is -2.42. The van der Waals surface area contributed by atoms with Crippen LogP contribution in [0.25, 0.3) is 0 Å². The first kappa shape index (κ1) is 16.2. The predicted octanol–water partition coefficient (Wildman–Crippen LogP) is -2.35. The average molecular weight is 285 g/mol. The fourth-order valence-electron chi connectivity index (χ4n) is 1.33. The molecule has 0 aliphatic rings. The molecule has 0 aliphatic carbocycles. The van der Waals surface area contributed by atoms with Crippen molar-refractivity contribution in [2.24, 2.45) is 17.2 Å². The van der Waals surface area contributed by atoms with Gasteiger partial charge in [0.15, 0.2) is 0 Å². The number of aromatic amines is 1. The maximum Gasteiger partial charge on any atom is 0.333 e. The minimum Gasteiger partial charge on any atom is -0.391 e. The van der Waals surface area contributed by atoms with Gasteiger partial charge in [-0.1, -0.05) is 0 Å². The van der Waals surface area contributed by atoms with Crippen LogP contribution in [0.2, 0.25) is 0 Å². The lowest BCUT2D eigenvalue weighted by Gasteiger charge is -2.13. The van der Waals surface area contributed by atoms with Crippen LogP contribution in [0.4, 0.5) is 0 Å².